The highest BCUT2D eigenvalue weighted by atomic mass is 16.8. The minimum Gasteiger partial charge on any atom is -0.511 e. The molecular weight excluding hydrogens is 1150 g/mol. The van der Waals surface area contributed by atoms with Crippen LogP contribution in [0, 0.1) is 52.8 Å². The fraction of sp³-hybridized carbons (Fsp3) is 0.809. The number of hydrogen-bond acceptors (Lipinski definition) is 20. The van der Waals surface area contributed by atoms with E-state index in [2.05, 4.69) is 57.3 Å². The molecular formula is C68H103NO20. The number of fused-ring (bicyclic) bond motifs is 4. The van der Waals surface area contributed by atoms with Crippen molar-refractivity contribution >= 4 is 17.7 Å². The molecule has 7 fully saturated rings. The van der Waals surface area contributed by atoms with Crippen molar-refractivity contribution in [2.75, 3.05) is 0 Å². The summed E-state index contributed by atoms with van der Waals surface area (Å²) in [4.78, 5) is 42.8. The Bertz CT molecular complexity index is 2690. The molecule has 6 saturated heterocycles. The van der Waals surface area contributed by atoms with Crippen molar-refractivity contribution in [2.24, 2.45) is 52.8 Å². The smallest absolute Gasteiger partial charge is 0.346 e. The van der Waals surface area contributed by atoms with Gasteiger partial charge in [0.05, 0.1) is 78.8 Å². The van der Waals surface area contributed by atoms with Crippen LogP contribution in [0.2, 0.25) is 0 Å². The number of esters is 1. The van der Waals surface area contributed by atoms with Crippen molar-refractivity contribution < 1.29 is 97.1 Å². The van der Waals surface area contributed by atoms with Gasteiger partial charge in [-0.15, -0.1) is 0 Å². The molecule has 2 bridgehead atoms. The number of rotatable bonds is 13. The molecule has 500 valence electrons. The molecule has 6 aliphatic heterocycles. The molecule has 1 amide bonds. The number of nitrogens with one attached hydrogen (secondary N) is 1. The summed E-state index contributed by atoms with van der Waals surface area (Å²) in [5.41, 5.74) is -3.01. The SMILES string of the molecule is CCCC1C=CC2C=C(C)C(OC3CC(C)(O)C(NC(C)=O)C(C)O3)C(C)C=C(C)C3C=CC4C(OC5CC(O)C(OC6CC(OC7CCC(O)C(C)O7)C(OC7CC(O)C(O)C(C)O7)C(C)O6)C(C)O5)C(C)CC(C)C4C3(C)C(O)=C3C(=O)OC2(C1)C3=O. The van der Waals surface area contributed by atoms with Gasteiger partial charge in [0, 0.05) is 74.5 Å². The first-order valence-corrected chi connectivity index (χ1v) is 33.2. The van der Waals surface area contributed by atoms with Crippen LogP contribution in [-0.2, 0) is 66.5 Å². The van der Waals surface area contributed by atoms with Crippen LogP contribution in [0.15, 0.2) is 58.9 Å². The third kappa shape index (κ3) is 13.6. The number of carbonyl (C=O) groups excluding carboxylic acids is 3. The molecule has 31 unspecified atom stereocenters. The van der Waals surface area contributed by atoms with Gasteiger partial charge in [0.2, 0.25) is 11.7 Å². The Hall–Kier alpha value is -3.49. The standard InChI is InChI=1S/C68H103NO20/c1-15-16-42-17-18-43-25-35(6)58(88-54-30-66(13,78)62(40(11)83-54)69-41(12)70)33(4)23-31(2)45-20-19-44-56(67(45,14)63(75)55-64(76)68(43,29-42)89-65(55)77)32(3)24-34(5)59(44)85-52-27-48(73)60(38(9)81-52)86-53-28-49(84-50-22-21-46(71)36(7)79-50)61(39(10)82-53)87-51-26-47(72)57(74)37(8)80-51/h17-20,23,25,32-34,36-40,42-54,56-62,71-75,78H,15-16,21-22,24,26-30H2,1-14H3,(H,69,70). The molecule has 31 atom stereocenters. The number of ether oxygens (including phenoxy) is 11. The van der Waals surface area contributed by atoms with Crippen LogP contribution in [0.25, 0.3) is 0 Å². The van der Waals surface area contributed by atoms with Gasteiger partial charge >= 0.3 is 5.97 Å². The Balaban J connectivity index is 0.918. The van der Waals surface area contributed by atoms with E-state index >= 15 is 4.79 Å². The minimum absolute atomic E-state index is 0.0322. The van der Waals surface area contributed by atoms with E-state index in [0.717, 1.165) is 24.0 Å². The maximum atomic E-state index is 15.7. The first-order valence-electron chi connectivity index (χ1n) is 33.2. The molecule has 89 heavy (non-hydrogen) atoms. The second kappa shape index (κ2) is 27.1. The number of Topliss-reactive ketones (excluding diaryl/α,β-unsaturated/α-hetero) is 1. The predicted molar refractivity (Wildman–Crippen MR) is 322 cm³/mol. The maximum Gasteiger partial charge on any atom is 0.346 e. The monoisotopic (exact) mass is 1250 g/mol. The lowest BCUT2D eigenvalue weighted by Crippen LogP contribution is -2.62. The molecule has 7 N–H and O–H groups in total. The lowest BCUT2D eigenvalue weighted by atomic mass is 9.49. The first-order chi connectivity index (χ1) is 41.9. The van der Waals surface area contributed by atoms with Crippen LogP contribution in [0.3, 0.4) is 0 Å². The van der Waals surface area contributed by atoms with E-state index in [1.807, 2.05) is 46.8 Å². The molecule has 0 aromatic rings. The number of hydrogen-bond donors (Lipinski definition) is 7. The third-order valence-corrected chi connectivity index (χ3v) is 21.7. The average Bonchev–Trinajstić information content (AvgIpc) is 1.70. The Morgan fingerprint density at radius 3 is 1.93 bits per heavy atom. The van der Waals surface area contributed by atoms with E-state index in [4.69, 9.17) is 52.1 Å². The van der Waals surface area contributed by atoms with Crippen molar-refractivity contribution in [3.8, 4) is 0 Å². The Morgan fingerprint density at radius 1 is 0.652 bits per heavy atom. The summed E-state index contributed by atoms with van der Waals surface area (Å²) < 4.78 is 71.9. The zero-order valence-electron chi connectivity index (χ0n) is 54.6. The van der Waals surface area contributed by atoms with E-state index in [0.29, 0.717) is 19.3 Å². The number of amides is 1. The maximum absolute atomic E-state index is 15.7. The summed E-state index contributed by atoms with van der Waals surface area (Å²) in [6.07, 6.45) is 1.51. The van der Waals surface area contributed by atoms with E-state index in [1.54, 1.807) is 27.7 Å². The molecule has 0 aromatic carbocycles. The predicted octanol–water partition coefficient (Wildman–Crippen LogP) is 6.99. The fourth-order valence-electron chi connectivity index (χ4n) is 17.3. The van der Waals surface area contributed by atoms with Crippen molar-refractivity contribution in [3.05, 3.63) is 58.9 Å². The summed E-state index contributed by atoms with van der Waals surface area (Å²) in [6.45, 7) is 26.3. The normalized spacial score (nSPS) is 49.6. The molecule has 21 heteroatoms. The van der Waals surface area contributed by atoms with E-state index in [-0.39, 0.29) is 78.9 Å². The second-order valence-corrected chi connectivity index (χ2v) is 28.7. The minimum atomic E-state index is -1.65. The topological polar surface area (TPSA) is 286 Å². The molecule has 1 saturated carbocycles. The Labute approximate surface area is 525 Å². The Kier molecular flexibility index (Phi) is 20.8. The zero-order chi connectivity index (χ0) is 64.5. The van der Waals surface area contributed by atoms with E-state index in [1.165, 1.54) is 6.92 Å². The van der Waals surface area contributed by atoms with Gasteiger partial charge in [0.25, 0.3) is 0 Å². The fourth-order valence-corrected chi connectivity index (χ4v) is 17.3. The van der Waals surface area contributed by atoms with Gasteiger partial charge in [-0.1, -0.05) is 83.1 Å². The molecule has 0 aromatic heterocycles. The van der Waals surface area contributed by atoms with Crippen LogP contribution in [-0.4, -0.2) is 182 Å². The number of carbonyl (C=O) groups is 3. The Morgan fingerprint density at radius 2 is 1.28 bits per heavy atom. The van der Waals surface area contributed by atoms with Gasteiger partial charge in [0.15, 0.2) is 37.1 Å². The third-order valence-electron chi connectivity index (χ3n) is 21.7. The zero-order valence-corrected chi connectivity index (χ0v) is 54.6. The summed E-state index contributed by atoms with van der Waals surface area (Å²) in [6, 6.07) is -0.685. The summed E-state index contributed by atoms with van der Waals surface area (Å²) >= 11 is 0. The van der Waals surface area contributed by atoms with Crippen LogP contribution in [0.4, 0.5) is 0 Å². The number of ketones is 1. The van der Waals surface area contributed by atoms with Gasteiger partial charge in [-0.05, 0) is 104 Å². The van der Waals surface area contributed by atoms with Gasteiger partial charge in [-0.3, -0.25) is 9.59 Å². The van der Waals surface area contributed by atoms with E-state index < -0.39 is 169 Å². The lowest BCUT2D eigenvalue weighted by Gasteiger charge is -2.57. The van der Waals surface area contributed by atoms with E-state index in [9.17, 15) is 40.2 Å². The summed E-state index contributed by atoms with van der Waals surface area (Å²) in [5, 5.41) is 71.5. The van der Waals surface area contributed by atoms with Gasteiger partial charge in [0.1, 0.15) is 29.6 Å². The van der Waals surface area contributed by atoms with Crippen molar-refractivity contribution in [3.63, 3.8) is 0 Å². The van der Waals surface area contributed by atoms with Gasteiger partial charge in [-0.2, -0.15) is 0 Å². The molecule has 21 nitrogen and oxygen atoms in total. The number of aliphatic hydroxyl groups is 6. The lowest BCUT2D eigenvalue weighted by molar-refractivity contribution is -0.352. The number of allylic oxidation sites excluding steroid dienone is 4. The summed E-state index contributed by atoms with van der Waals surface area (Å²) in [5.74, 6) is -4.57. The van der Waals surface area contributed by atoms with Crippen LogP contribution in [0.1, 0.15) is 161 Å². The van der Waals surface area contributed by atoms with Crippen LogP contribution < -0.4 is 5.32 Å². The largest absolute Gasteiger partial charge is 0.511 e. The van der Waals surface area contributed by atoms with Gasteiger partial charge in [-0.25, -0.2) is 4.79 Å². The highest BCUT2D eigenvalue weighted by Crippen LogP contribution is 2.61. The van der Waals surface area contributed by atoms with Crippen molar-refractivity contribution in [1.29, 1.82) is 0 Å². The molecule has 6 heterocycles. The summed E-state index contributed by atoms with van der Waals surface area (Å²) in [7, 11) is 0. The van der Waals surface area contributed by atoms with Gasteiger partial charge < -0.3 is 88.1 Å². The molecule has 10 aliphatic rings. The van der Waals surface area contributed by atoms with Crippen LogP contribution in [0.5, 0.6) is 0 Å². The van der Waals surface area contributed by atoms with Crippen LogP contribution >= 0.6 is 0 Å². The van der Waals surface area contributed by atoms with Crippen molar-refractivity contribution in [2.45, 2.75) is 295 Å². The highest BCUT2D eigenvalue weighted by Gasteiger charge is 2.64. The molecule has 1 spiro atoms. The highest BCUT2D eigenvalue weighted by molar-refractivity contribution is 6.26. The number of aliphatic hydroxyl groups excluding tert-OH is 5. The second-order valence-electron chi connectivity index (χ2n) is 28.7. The first kappa shape index (κ1) is 68.4. The molecule has 0 radical (unpaired) electrons. The molecule has 4 aliphatic carbocycles. The van der Waals surface area contributed by atoms with Crippen molar-refractivity contribution in [1.82, 2.24) is 5.32 Å². The molecule has 10 rings (SSSR count). The quantitative estimate of drug-likeness (QED) is 0.0556. The average molecular weight is 1250 g/mol.